The number of aliphatic imine (C=N–C) groups is 1. The topological polar surface area (TPSA) is 48.9 Å². The maximum Gasteiger partial charge on any atom is 0.191 e. The van der Waals surface area contributed by atoms with Crippen LogP contribution in [0.15, 0.2) is 29.3 Å². The van der Waals surface area contributed by atoms with Gasteiger partial charge in [-0.25, -0.2) is 0 Å². The van der Waals surface area contributed by atoms with Crippen LogP contribution in [0.2, 0.25) is 0 Å². The van der Waals surface area contributed by atoms with Crippen LogP contribution in [-0.4, -0.2) is 57.2 Å². The van der Waals surface area contributed by atoms with Crippen LogP contribution in [0.3, 0.4) is 0 Å². The van der Waals surface area contributed by atoms with E-state index >= 15 is 0 Å². The highest BCUT2D eigenvalue weighted by Crippen LogP contribution is 2.21. The van der Waals surface area contributed by atoms with Crippen LogP contribution in [-0.2, 0) is 0 Å². The second-order valence-corrected chi connectivity index (χ2v) is 6.77. The first-order chi connectivity index (χ1) is 12.2. The molecule has 0 aromatic heterocycles. The molecule has 0 bridgehead atoms. The van der Waals surface area contributed by atoms with Gasteiger partial charge in [-0.3, -0.25) is 9.89 Å². The summed E-state index contributed by atoms with van der Waals surface area (Å²) in [5.41, 5.74) is 1.34. The van der Waals surface area contributed by atoms with Gasteiger partial charge in [0.05, 0.1) is 7.11 Å². The third-order valence-corrected chi connectivity index (χ3v) is 5.19. The van der Waals surface area contributed by atoms with Gasteiger partial charge in [0, 0.05) is 26.2 Å². The average Bonchev–Trinajstić information content (AvgIpc) is 3.12. The molecular weight excluding hydrogens is 312 g/mol. The summed E-state index contributed by atoms with van der Waals surface area (Å²) in [6, 6.07) is 9.00. The van der Waals surface area contributed by atoms with Gasteiger partial charge >= 0.3 is 0 Å². The highest BCUT2D eigenvalue weighted by molar-refractivity contribution is 5.79. The molecule has 1 fully saturated rings. The predicted octanol–water partition coefficient (Wildman–Crippen LogP) is 2.84. The monoisotopic (exact) mass is 346 g/mol. The number of benzene rings is 1. The SMILES string of the molecule is CCN1CCCC1CNC(=NC)NCCC(C)c1ccc(OC)cc1. The maximum atomic E-state index is 5.22. The van der Waals surface area contributed by atoms with E-state index in [1.807, 2.05) is 19.2 Å². The summed E-state index contributed by atoms with van der Waals surface area (Å²) in [5.74, 6) is 2.32. The van der Waals surface area contributed by atoms with Gasteiger partial charge in [-0.1, -0.05) is 26.0 Å². The van der Waals surface area contributed by atoms with E-state index in [1.54, 1.807) is 7.11 Å². The molecule has 1 aromatic carbocycles. The number of nitrogens with zero attached hydrogens (tertiary/aromatic N) is 2. The predicted molar refractivity (Wildman–Crippen MR) is 106 cm³/mol. The lowest BCUT2D eigenvalue weighted by Crippen LogP contribution is -2.45. The Bertz CT molecular complexity index is 529. The molecule has 0 saturated carbocycles. The Labute approximate surface area is 152 Å². The van der Waals surface area contributed by atoms with Crippen LogP contribution in [0, 0.1) is 0 Å². The molecule has 5 nitrogen and oxygen atoms in total. The normalized spacial score (nSPS) is 19.7. The molecular formula is C20H34N4O. The van der Waals surface area contributed by atoms with Crippen LogP contribution in [0.1, 0.15) is 44.6 Å². The van der Waals surface area contributed by atoms with Gasteiger partial charge in [0.25, 0.3) is 0 Å². The van der Waals surface area contributed by atoms with E-state index in [0.717, 1.165) is 37.8 Å². The summed E-state index contributed by atoms with van der Waals surface area (Å²) in [5, 5.41) is 6.93. The van der Waals surface area contributed by atoms with E-state index in [1.165, 1.54) is 24.9 Å². The van der Waals surface area contributed by atoms with Crippen molar-refractivity contribution >= 4 is 5.96 Å². The van der Waals surface area contributed by atoms with Gasteiger partial charge in [-0.15, -0.1) is 0 Å². The van der Waals surface area contributed by atoms with Crippen LogP contribution in [0.5, 0.6) is 5.75 Å². The van der Waals surface area contributed by atoms with Gasteiger partial charge in [0.1, 0.15) is 5.75 Å². The van der Waals surface area contributed by atoms with Gasteiger partial charge in [0.15, 0.2) is 5.96 Å². The molecule has 2 atom stereocenters. The highest BCUT2D eigenvalue weighted by atomic mass is 16.5. The first-order valence-electron chi connectivity index (χ1n) is 9.50. The average molecular weight is 347 g/mol. The zero-order chi connectivity index (χ0) is 18.1. The van der Waals surface area contributed by atoms with Crippen molar-refractivity contribution in [2.24, 2.45) is 4.99 Å². The largest absolute Gasteiger partial charge is 0.497 e. The van der Waals surface area contributed by atoms with Crippen molar-refractivity contribution in [2.45, 2.75) is 45.1 Å². The summed E-state index contributed by atoms with van der Waals surface area (Å²) in [4.78, 5) is 6.90. The molecule has 1 aromatic rings. The van der Waals surface area contributed by atoms with Crippen LogP contribution >= 0.6 is 0 Å². The second-order valence-electron chi connectivity index (χ2n) is 6.77. The van der Waals surface area contributed by atoms with E-state index in [0.29, 0.717) is 12.0 Å². The van der Waals surface area contributed by atoms with Gasteiger partial charge < -0.3 is 15.4 Å². The number of hydrogen-bond donors (Lipinski definition) is 2. The fourth-order valence-electron chi connectivity index (χ4n) is 3.48. The van der Waals surface area contributed by atoms with Crippen molar-refractivity contribution < 1.29 is 4.74 Å². The lowest BCUT2D eigenvalue weighted by Gasteiger charge is -2.24. The number of rotatable bonds is 8. The van der Waals surface area contributed by atoms with E-state index in [-0.39, 0.29) is 0 Å². The van der Waals surface area contributed by atoms with E-state index < -0.39 is 0 Å². The molecule has 1 heterocycles. The maximum absolute atomic E-state index is 5.22. The molecule has 140 valence electrons. The minimum absolute atomic E-state index is 0.502. The van der Waals surface area contributed by atoms with Crippen molar-refractivity contribution in [1.82, 2.24) is 15.5 Å². The molecule has 1 aliphatic rings. The van der Waals surface area contributed by atoms with Crippen LogP contribution in [0.25, 0.3) is 0 Å². The van der Waals surface area contributed by atoms with E-state index in [4.69, 9.17) is 4.74 Å². The molecule has 1 aliphatic heterocycles. The van der Waals surface area contributed by atoms with Crippen LogP contribution in [0.4, 0.5) is 0 Å². The first-order valence-corrected chi connectivity index (χ1v) is 9.50. The number of methoxy groups -OCH3 is 1. The van der Waals surface area contributed by atoms with Crippen molar-refractivity contribution in [3.05, 3.63) is 29.8 Å². The standard InChI is InChI=1S/C20H34N4O/c1-5-24-14-6-7-18(24)15-23-20(21-3)22-13-12-16(2)17-8-10-19(25-4)11-9-17/h8-11,16,18H,5-7,12-15H2,1-4H3,(H2,21,22,23). The molecule has 0 amide bonds. The number of nitrogens with one attached hydrogen (secondary N) is 2. The van der Waals surface area contributed by atoms with Crippen molar-refractivity contribution in [2.75, 3.05) is 40.3 Å². The lowest BCUT2D eigenvalue weighted by atomic mass is 9.98. The summed E-state index contributed by atoms with van der Waals surface area (Å²) >= 11 is 0. The molecule has 0 aliphatic carbocycles. The smallest absolute Gasteiger partial charge is 0.191 e. The summed E-state index contributed by atoms with van der Waals surface area (Å²) in [6.45, 7) is 8.76. The van der Waals surface area contributed by atoms with Crippen molar-refractivity contribution in [3.63, 3.8) is 0 Å². The number of likely N-dealkylation sites (N-methyl/N-ethyl adjacent to an activating group) is 1. The molecule has 1 saturated heterocycles. The fraction of sp³-hybridized carbons (Fsp3) is 0.650. The molecule has 2 rings (SSSR count). The Morgan fingerprint density at radius 2 is 2.08 bits per heavy atom. The zero-order valence-corrected chi connectivity index (χ0v) is 16.2. The van der Waals surface area contributed by atoms with Gasteiger partial charge in [-0.05, 0) is 56.0 Å². The Balaban J connectivity index is 1.71. The minimum Gasteiger partial charge on any atom is -0.497 e. The fourth-order valence-corrected chi connectivity index (χ4v) is 3.48. The number of guanidine groups is 1. The quantitative estimate of drug-likeness (QED) is 0.561. The molecule has 2 unspecified atom stereocenters. The van der Waals surface area contributed by atoms with Gasteiger partial charge in [-0.2, -0.15) is 0 Å². The zero-order valence-electron chi connectivity index (χ0n) is 16.2. The van der Waals surface area contributed by atoms with Crippen molar-refractivity contribution in [3.8, 4) is 5.75 Å². The van der Waals surface area contributed by atoms with Crippen molar-refractivity contribution in [1.29, 1.82) is 0 Å². The molecule has 2 N–H and O–H groups in total. The third-order valence-electron chi connectivity index (χ3n) is 5.19. The number of likely N-dealkylation sites (tertiary alicyclic amines) is 1. The van der Waals surface area contributed by atoms with Gasteiger partial charge in [0.2, 0.25) is 0 Å². The lowest BCUT2D eigenvalue weighted by molar-refractivity contribution is 0.267. The number of hydrogen-bond acceptors (Lipinski definition) is 3. The third kappa shape index (κ3) is 5.92. The molecule has 5 heteroatoms. The first kappa shape index (κ1) is 19.6. The minimum atomic E-state index is 0.502. The molecule has 0 spiro atoms. The highest BCUT2D eigenvalue weighted by Gasteiger charge is 2.22. The summed E-state index contributed by atoms with van der Waals surface area (Å²) in [7, 11) is 3.54. The number of ether oxygens (including phenoxy) is 1. The Morgan fingerprint density at radius 1 is 1.32 bits per heavy atom. The molecule has 0 radical (unpaired) electrons. The summed E-state index contributed by atoms with van der Waals surface area (Å²) in [6.07, 6.45) is 3.66. The van der Waals surface area contributed by atoms with Crippen LogP contribution < -0.4 is 15.4 Å². The Morgan fingerprint density at radius 3 is 2.72 bits per heavy atom. The Kier molecular flexibility index (Phi) is 8.06. The second kappa shape index (κ2) is 10.3. The Hall–Kier alpha value is -1.75. The summed E-state index contributed by atoms with van der Waals surface area (Å²) < 4.78 is 5.22. The van der Waals surface area contributed by atoms with E-state index in [9.17, 15) is 0 Å². The van der Waals surface area contributed by atoms with E-state index in [2.05, 4.69) is 46.5 Å². The molecule has 25 heavy (non-hydrogen) atoms.